The van der Waals surface area contributed by atoms with Gasteiger partial charge in [-0.15, -0.1) is 6.58 Å². The molecule has 2 rings (SSSR count). The second-order valence-corrected chi connectivity index (χ2v) is 8.03. The fourth-order valence-corrected chi connectivity index (χ4v) is 3.57. The number of hydrogen-bond acceptors (Lipinski definition) is 1. The monoisotopic (exact) mass is 283 g/mol. The third kappa shape index (κ3) is 2.53. The predicted molar refractivity (Wildman–Crippen MR) is 77.9 cm³/mol. The molecule has 0 saturated carbocycles. The van der Waals surface area contributed by atoms with Crippen molar-refractivity contribution in [2.75, 3.05) is 0 Å². The molecule has 98 valence electrons. The molecular weight excluding hydrogens is 266 g/mol. The maximum atomic E-state index is 12.4. The summed E-state index contributed by atoms with van der Waals surface area (Å²) in [6, 6.07) is 8.04. The van der Waals surface area contributed by atoms with Gasteiger partial charge in [-0.1, -0.05) is 29.8 Å². The van der Waals surface area contributed by atoms with E-state index in [1.807, 2.05) is 55.4 Å². The van der Waals surface area contributed by atoms with E-state index in [2.05, 4.69) is 6.58 Å². The lowest BCUT2D eigenvalue weighted by molar-refractivity contribution is 0.603. The van der Waals surface area contributed by atoms with Gasteiger partial charge in [-0.05, 0) is 38.5 Å². The van der Waals surface area contributed by atoms with E-state index < -0.39 is 11.0 Å². The van der Waals surface area contributed by atoms with E-state index in [0.717, 1.165) is 10.6 Å². The Labute approximate surface area is 116 Å². The molecule has 1 saturated heterocycles. The standard InChI is InChI=1S/C14H18ClNOS/c1-5-12-13(10-6-8-11(15)9-7-10)16(12)18(17)14(2,3)4/h5-9,12-13H,1H2,2-4H3/t12-,13-,16?,18?/m1/s1. The molecule has 4 atom stereocenters. The van der Waals surface area contributed by atoms with E-state index >= 15 is 0 Å². The van der Waals surface area contributed by atoms with Gasteiger partial charge < -0.3 is 0 Å². The van der Waals surface area contributed by atoms with E-state index in [1.54, 1.807) is 0 Å². The molecule has 2 unspecified atom stereocenters. The Morgan fingerprint density at radius 2 is 1.89 bits per heavy atom. The van der Waals surface area contributed by atoms with Crippen LogP contribution in [0.2, 0.25) is 5.02 Å². The van der Waals surface area contributed by atoms with Gasteiger partial charge in [-0.25, -0.2) is 8.51 Å². The third-order valence-corrected chi connectivity index (χ3v) is 5.12. The van der Waals surface area contributed by atoms with Gasteiger partial charge in [-0.3, -0.25) is 0 Å². The van der Waals surface area contributed by atoms with Crippen LogP contribution in [0.25, 0.3) is 0 Å². The summed E-state index contributed by atoms with van der Waals surface area (Å²) in [6.07, 6.45) is 1.86. The Bertz CT molecular complexity index is 478. The van der Waals surface area contributed by atoms with Crippen LogP contribution in [0.3, 0.4) is 0 Å². The lowest BCUT2D eigenvalue weighted by Crippen LogP contribution is -2.28. The average Bonchev–Trinajstić information content (AvgIpc) is 3.01. The summed E-state index contributed by atoms with van der Waals surface area (Å²) in [5, 5.41) is 0.720. The van der Waals surface area contributed by atoms with E-state index in [0.29, 0.717) is 0 Å². The lowest BCUT2D eigenvalue weighted by Gasteiger charge is -2.18. The minimum absolute atomic E-state index is 0.159. The number of nitrogens with zero attached hydrogens (tertiary/aromatic N) is 1. The minimum atomic E-state index is -1.01. The minimum Gasteiger partial charge on any atom is -0.242 e. The topological polar surface area (TPSA) is 20.1 Å². The molecule has 0 radical (unpaired) electrons. The highest BCUT2D eigenvalue weighted by molar-refractivity contribution is 7.84. The predicted octanol–water partition coefficient (Wildman–Crippen LogP) is 3.71. The lowest BCUT2D eigenvalue weighted by atomic mass is 10.1. The number of benzene rings is 1. The van der Waals surface area contributed by atoms with Gasteiger partial charge in [0.1, 0.15) is 11.0 Å². The molecule has 1 aliphatic rings. The van der Waals surface area contributed by atoms with Crippen molar-refractivity contribution in [2.24, 2.45) is 0 Å². The summed E-state index contributed by atoms with van der Waals surface area (Å²) >= 11 is 5.88. The number of rotatable bonds is 3. The highest BCUT2D eigenvalue weighted by Gasteiger charge is 2.52. The molecule has 1 aromatic carbocycles. The van der Waals surface area contributed by atoms with Gasteiger partial charge in [0.2, 0.25) is 0 Å². The van der Waals surface area contributed by atoms with Crippen LogP contribution in [0.1, 0.15) is 32.4 Å². The first-order valence-electron chi connectivity index (χ1n) is 5.94. The maximum absolute atomic E-state index is 12.4. The van der Waals surface area contributed by atoms with Crippen molar-refractivity contribution in [1.82, 2.24) is 4.31 Å². The Kier molecular flexibility index (Phi) is 3.67. The summed E-state index contributed by atoms with van der Waals surface area (Å²) in [5.41, 5.74) is 1.14. The van der Waals surface area contributed by atoms with Crippen LogP contribution < -0.4 is 0 Å². The molecule has 0 aromatic heterocycles. The first-order chi connectivity index (χ1) is 8.36. The molecule has 0 bridgehead atoms. The Balaban J connectivity index is 2.23. The van der Waals surface area contributed by atoms with Crippen LogP contribution in [0.4, 0.5) is 0 Å². The fourth-order valence-electron chi connectivity index (χ4n) is 2.00. The zero-order valence-corrected chi connectivity index (χ0v) is 12.5. The molecule has 0 amide bonds. The fraction of sp³-hybridized carbons (Fsp3) is 0.429. The second kappa shape index (κ2) is 4.80. The molecule has 0 spiro atoms. The molecule has 1 aliphatic heterocycles. The summed E-state index contributed by atoms with van der Waals surface area (Å²) in [4.78, 5) is 0. The number of halogens is 1. The smallest absolute Gasteiger partial charge is 0.101 e. The van der Waals surface area contributed by atoms with Crippen LogP contribution in [0.15, 0.2) is 36.9 Å². The van der Waals surface area contributed by atoms with Crippen LogP contribution in [-0.2, 0) is 11.0 Å². The molecule has 4 heteroatoms. The summed E-state index contributed by atoms with van der Waals surface area (Å²) in [7, 11) is -1.01. The zero-order valence-electron chi connectivity index (χ0n) is 10.9. The van der Waals surface area contributed by atoms with Crippen LogP contribution in [0, 0.1) is 0 Å². The second-order valence-electron chi connectivity index (χ2n) is 5.44. The molecule has 0 N–H and O–H groups in total. The molecule has 0 aliphatic carbocycles. The van der Waals surface area contributed by atoms with Crippen LogP contribution >= 0.6 is 11.6 Å². The van der Waals surface area contributed by atoms with E-state index in [4.69, 9.17) is 11.6 Å². The van der Waals surface area contributed by atoms with E-state index in [9.17, 15) is 4.21 Å². The normalized spacial score (nSPS) is 28.8. The highest BCUT2D eigenvalue weighted by atomic mass is 35.5. The van der Waals surface area contributed by atoms with Gasteiger partial charge in [0, 0.05) is 5.02 Å². The summed E-state index contributed by atoms with van der Waals surface area (Å²) < 4.78 is 14.2. The van der Waals surface area contributed by atoms with Crippen molar-refractivity contribution < 1.29 is 4.21 Å². The van der Waals surface area contributed by atoms with Crippen molar-refractivity contribution in [3.8, 4) is 0 Å². The molecule has 1 aromatic rings. The zero-order chi connectivity index (χ0) is 13.5. The Morgan fingerprint density at radius 1 is 1.33 bits per heavy atom. The van der Waals surface area contributed by atoms with E-state index in [-0.39, 0.29) is 16.8 Å². The quantitative estimate of drug-likeness (QED) is 0.612. The van der Waals surface area contributed by atoms with Gasteiger partial charge in [-0.2, -0.15) is 0 Å². The van der Waals surface area contributed by atoms with Gasteiger partial charge in [0.05, 0.1) is 16.8 Å². The average molecular weight is 284 g/mol. The third-order valence-electron chi connectivity index (χ3n) is 2.97. The highest BCUT2D eigenvalue weighted by Crippen LogP contribution is 2.47. The van der Waals surface area contributed by atoms with Crippen molar-refractivity contribution in [1.29, 1.82) is 0 Å². The largest absolute Gasteiger partial charge is 0.242 e. The summed E-state index contributed by atoms with van der Waals surface area (Å²) in [6.45, 7) is 9.79. The van der Waals surface area contributed by atoms with Gasteiger partial charge >= 0.3 is 0 Å². The molecule has 2 nitrogen and oxygen atoms in total. The Hall–Kier alpha value is -0.640. The Morgan fingerprint density at radius 3 is 2.33 bits per heavy atom. The molecule has 1 fully saturated rings. The van der Waals surface area contributed by atoms with Crippen molar-refractivity contribution >= 4 is 22.6 Å². The van der Waals surface area contributed by atoms with E-state index in [1.165, 1.54) is 0 Å². The van der Waals surface area contributed by atoms with Crippen molar-refractivity contribution in [2.45, 2.75) is 37.6 Å². The first-order valence-corrected chi connectivity index (χ1v) is 7.43. The SMILES string of the molecule is C=C[C@@H]1[C@@H](c2ccc(Cl)cc2)N1S(=O)C(C)(C)C. The molecule has 1 heterocycles. The summed E-state index contributed by atoms with van der Waals surface area (Å²) in [5.74, 6) is 0. The first kappa shape index (κ1) is 13.8. The molecular formula is C14H18ClNOS. The van der Waals surface area contributed by atoms with Crippen molar-refractivity contribution in [3.63, 3.8) is 0 Å². The van der Waals surface area contributed by atoms with Crippen LogP contribution in [-0.4, -0.2) is 19.3 Å². The van der Waals surface area contributed by atoms with Crippen LogP contribution in [0.5, 0.6) is 0 Å². The van der Waals surface area contributed by atoms with Gasteiger partial charge in [0.25, 0.3) is 0 Å². The number of hydrogen-bond donors (Lipinski definition) is 0. The maximum Gasteiger partial charge on any atom is 0.101 e. The van der Waals surface area contributed by atoms with Crippen molar-refractivity contribution in [3.05, 3.63) is 47.5 Å². The van der Waals surface area contributed by atoms with Gasteiger partial charge in [0.15, 0.2) is 0 Å². The molecule has 18 heavy (non-hydrogen) atoms.